The van der Waals surface area contributed by atoms with Crippen LogP contribution in [-0.2, 0) is 13.0 Å². The molecule has 1 aromatic carbocycles. The number of aromatic nitrogens is 1. The summed E-state index contributed by atoms with van der Waals surface area (Å²) in [5.74, 6) is 0.164. The second-order valence-electron chi connectivity index (χ2n) is 8.23. The van der Waals surface area contributed by atoms with Crippen molar-refractivity contribution in [3.05, 3.63) is 88.1 Å². The third kappa shape index (κ3) is 5.38. The third-order valence-electron chi connectivity index (χ3n) is 6.27. The number of rotatable bonds is 7. The Morgan fingerprint density at radius 3 is 2.58 bits per heavy atom. The molecule has 3 aromatic rings. The number of nitrogens with zero attached hydrogens (tertiary/aromatic N) is 3. The number of benzene rings is 1. The minimum Gasteiger partial charge on any atom is -0.337 e. The maximum Gasteiger partial charge on any atom is 0.263 e. The molecule has 0 radical (unpaired) electrons. The number of pyridine rings is 1. The number of hydrogen-bond donors (Lipinski definition) is 0. The molecule has 1 atom stereocenters. The van der Waals surface area contributed by atoms with Gasteiger partial charge in [-0.05, 0) is 79.0 Å². The first-order chi connectivity index (χ1) is 15.1. The number of carbonyl (C=O) groups is 1. The largest absolute Gasteiger partial charge is 0.337 e. The molecule has 1 aliphatic heterocycles. The molecule has 0 saturated carbocycles. The topological polar surface area (TPSA) is 36.4 Å². The van der Waals surface area contributed by atoms with Crippen molar-refractivity contribution in [1.82, 2.24) is 14.8 Å². The van der Waals surface area contributed by atoms with Gasteiger partial charge in [-0.1, -0.05) is 24.3 Å². The molecule has 2 aromatic heterocycles. The predicted octanol–water partition coefficient (Wildman–Crippen LogP) is 4.88. The number of likely N-dealkylation sites (N-methyl/N-ethyl adjacent to an activating group) is 1. The maximum absolute atomic E-state index is 14.4. The van der Waals surface area contributed by atoms with Crippen LogP contribution in [0.3, 0.4) is 0 Å². The van der Waals surface area contributed by atoms with Gasteiger partial charge in [-0.2, -0.15) is 0 Å². The van der Waals surface area contributed by atoms with Crippen LogP contribution in [0.2, 0.25) is 0 Å². The molecule has 1 fully saturated rings. The number of likely N-dealkylation sites (tertiary alicyclic amines) is 1. The normalized spacial score (nSPS) is 16.2. The number of hydrogen-bond acceptors (Lipinski definition) is 4. The van der Waals surface area contributed by atoms with E-state index in [9.17, 15) is 9.18 Å². The molecule has 0 bridgehead atoms. The van der Waals surface area contributed by atoms with Crippen molar-refractivity contribution >= 4 is 17.2 Å². The summed E-state index contributed by atoms with van der Waals surface area (Å²) in [6.07, 6.45) is 6.18. The standard InChI is InChI=1S/C25H28FN3OS/c1-28(25(30)24-7-4-16-31-24)23(17-21-5-2-3-6-22(21)26)20-10-14-29(15-11-20)18-19-8-12-27-13-9-19/h2-9,12-13,16,20,23H,10-11,14-15,17-18H2,1H3/t23-/m0/s1. The van der Waals surface area contributed by atoms with Gasteiger partial charge in [-0.3, -0.25) is 14.7 Å². The van der Waals surface area contributed by atoms with Gasteiger partial charge in [0.2, 0.25) is 0 Å². The van der Waals surface area contributed by atoms with Gasteiger partial charge in [-0.15, -0.1) is 11.3 Å². The van der Waals surface area contributed by atoms with E-state index in [1.807, 2.05) is 54.0 Å². The lowest BCUT2D eigenvalue weighted by Crippen LogP contribution is -2.47. The average molecular weight is 438 g/mol. The molecule has 1 saturated heterocycles. The van der Waals surface area contributed by atoms with Crippen LogP contribution in [0.5, 0.6) is 0 Å². The molecule has 1 aliphatic rings. The van der Waals surface area contributed by atoms with E-state index in [0.717, 1.165) is 37.4 Å². The molecule has 4 nitrogen and oxygen atoms in total. The molecule has 3 heterocycles. The van der Waals surface area contributed by atoms with Gasteiger partial charge in [0.1, 0.15) is 5.82 Å². The Bertz CT molecular complexity index is 971. The van der Waals surface area contributed by atoms with Gasteiger partial charge in [0.05, 0.1) is 4.88 Å². The van der Waals surface area contributed by atoms with Crippen LogP contribution in [0.1, 0.15) is 33.6 Å². The summed E-state index contributed by atoms with van der Waals surface area (Å²) in [6.45, 7) is 2.86. The van der Waals surface area contributed by atoms with E-state index in [-0.39, 0.29) is 17.8 Å². The summed E-state index contributed by atoms with van der Waals surface area (Å²) in [6, 6.07) is 14.8. The van der Waals surface area contributed by atoms with Crippen molar-refractivity contribution < 1.29 is 9.18 Å². The van der Waals surface area contributed by atoms with Crippen LogP contribution < -0.4 is 0 Å². The average Bonchev–Trinajstić information content (AvgIpc) is 3.34. The molecule has 0 unspecified atom stereocenters. The molecule has 31 heavy (non-hydrogen) atoms. The molecule has 0 N–H and O–H groups in total. The summed E-state index contributed by atoms with van der Waals surface area (Å²) >= 11 is 1.46. The monoisotopic (exact) mass is 437 g/mol. The Balaban J connectivity index is 1.48. The first kappa shape index (κ1) is 21.7. The minimum atomic E-state index is -0.195. The fourth-order valence-electron chi connectivity index (χ4n) is 4.48. The number of carbonyl (C=O) groups excluding carboxylic acids is 1. The fourth-order valence-corrected chi connectivity index (χ4v) is 5.18. The first-order valence-corrected chi connectivity index (χ1v) is 11.6. The highest BCUT2D eigenvalue weighted by Crippen LogP contribution is 2.29. The molecule has 6 heteroatoms. The molecule has 1 amide bonds. The van der Waals surface area contributed by atoms with E-state index in [4.69, 9.17) is 0 Å². The van der Waals surface area contributed by atoms with Crippen LogP contribution >= 0.6 is 11.3 Å². The number of thiophene rings is 1. The van der Waals surface area contributed by atoms with Crippen LogP contribution in [0.4, 0.5) is 4.39 Å². The van der Waals surface area contributed by atoms with Crippen molar-refractivity contribution in [1.29, 1.82) is 0 Å². The van der Waals surface area contributed by atoms with Gasteiger partial charge in [-0.25, -0.2) is 4.39 Å². The van der Waals surface area contributed by atoms with E-state index in [2.05, 4.69) is 22.0 Å². The lowest BCUT2D eigenvalue weighted by atomic mass is 9.84. The van der Waals surface area contributed by atoms with E-state index >= 15 is 0 Å². The van der Waals surface area contributed by atoms with Crippen molar-refractivity contribution in [2.75, 3.05) is 20.1 Å². The van der Waals surface area contributed by atoms with E-state index in [1.54, 1.807) is 6.07 Å². The Kier molecular flexibility index (Phi) is 7.10. The molecule has 162 valence electrons. The summed E-state index contributed by atoms with van der Waals surface area (Å²) in [5, 5.41) is 1.92. The van der Waals surface area contributed by atoms with E-state index in [0.29, 0.717) is 17.9 Å². The van der Waals surface area contributed by atoms with Gasteiger partial charge >= 0.3 is 0 Å². The minimum absolute atomic E-state index is 0.0237. The Morgan fingerprint density at radius 2 is 1.90 bits per heavy atom. The van der Waals surface area contributed by atoms with Crippen molar-refractivity contribution in [2.24, 2.45) is 5.92 Å². The summed E-state index contributed by atoms with van der Waals surface area (Å²) in [5.41, 5.74) is 1.94. The quantitative estimate of drug-likeness (QED) is 0.529. The zero-order chi connectivity index (χ0) is 21.6. The third-order valence-corrected chi connectivity index (χ3v) is 7.13. The Morgan fingerprint density at radius 1 is 1.16 bits per heavy atom. The molecule has 0 aliphatic carbocycles. The van der Waals surface area contributed by atoms with Gasteiger partial charge in [0.15, 0.2) is 0 Å². The van der Waals surface area contributed by atoms with Gasteiger partial charge < -0.3 is 4.90 Å². The summed E-state index contributed by atoms with van der Waals surface area (Å²) in [7, 11) is 1.87. The van der Waals surface area contributed by atoms with E-state index < -0.39 is 0 Å². The lowest BCUT2D eigenvalue weighted by Gasteiger charge is -2.40. The predicted molar refractivity (Wildman–Crippen MR) is 123 cm³/mol. The Hall–Kier alpha value is -2.57. The van der Waals surface area contributed by atoms with Crippen LogP contribution in [0.15, 0.2) is 66.3 Å². The SMILES string of the molecule is CN(C(=O)c1cccs1)[C@@H](Cc1ccccc1F)C1CCN(Cc2ccncc2)CC1. The smallest absolute Gasteiger partial charge is 0.263 e. The molecular weight excluding hydrogens is 409 g/mol. The number of piperidine rings is 1. The zero-order valence-corrected chi connectivity index (χ0v) is 18.6. The first-order valence-electron chi connectivity index (χ1n) is 10.8. The Labute approximate surface area is 187 Å². The maximum atomic E-state index is 14.4. The highest BCUT2D eigenvalue weighted by Gasteiger charge is 2.32. The van der Waals surface area contributed by atoms with Crippen molar-refractivity contribution in [3.63, 3.8) is 0 Å². The molecule has 4 rings (SSSR count). The highest BCUT2D eigenvalue weighted by molar-refractivity contribution is 7.12. The van der Waals surface area contributed by atoms with Crippen LogP contribution in [0, 0.1) is 11.7 Å². The highest BCUT2D eigenvalue weighted by atomic mass is 32.1. The zero-order valence-electron chi connectivity index (χ0n) is 17.8. The van der Waals surface area contributed by atoms with Crippen LogP contribution in [0.25, 0.3) is 0 Å². The fraction of sp³-hybridized carbons (Fsp3) is 0.360. The summed E-state index contributed by atoms with van der Waals surface area (Å²) in [4.78, 5) is 22.2. The van der Waals surface area contributed by atoms with Gasteiger partial charge in [0.25, 0.3) is 5.91 Å². The molecule has 0 spiro atoms. The van der Waals surface area contributed by atoms with Gasteiger partial charge in [0, 0.05) is 32.0 Å². The van der Waals surface area contributed by atoms with Crippen LogP contribution in [-0.4, -0.2) is 46.9 Å². The van der Waals surface area contributed by atoms with Crippen molar-refractivity contribution in [2.45, 2.75) is 31.8 Å². The van der Waals surface area contributed by atoms with Crippen molar-refractivity contribution in [3.8, 4) is 0 Å². The second kappa shape index (κ2) is 10.2. The molecular formula is C25H28FN3OS. The van der Waals surface area contributed by atoms with E-state index in [1.165, 1.54) is 23.0 Å². The second-order valence-corrected chi connectivity index (χ2v) is 9.17. The number of halogens is 1. The lowest BCUT2D eigenvalue weighted by molar-refractivity contribution is 0.0588. The number of amides is 1. The summed E-state index contributed by atoms with van der Waals surface area (Å²) < 4.78 is 14.4.